The number of carbonyl (C=O) groups excluding carboxylic acids is 2. The van der Waals surface area contributed by atoms with Crippen molar-refractivity contribution in [2.24, 2.45) is 11.8 Å². The number of rotatable bonds is 5. The van der Waals surface area contributed by atoms with Crippen LogP contribution in [0.2, 0.25) is 0 Å². The molecule has 3 rings (SSSR count). The number of nitrogens with zero attached hydrogens (tertiary/aromatic N) is 1. The number of anilines is 1. The molecule has 2 aliphatic rings. The van der Waals surface area contributed by atoms with E-state index in [0.29, 0.717) is 12.5 Å². The summed E-state index contributed by atoms with van der Waals surface area (Å²) in [5, 5.41) is 5.76. The second-order valence-corrected chi connectivity index (χ2v) is 7.16. The minimum atomic E-state index is -0.425. The van der Waals surface area contributed by atoms with Crippen molar-refractivity contribution in [2.45, 2.75) is 32.7 Å². The molecule has 6 heteroatoms. The molecule has 2 aliphatic heterocycles. The minimum absolute atomic E-state index is 0.00871. The normalized spacial score (nSPS) is 21.2. The Hall–Kier alpha value is -1.95. The van der Waals surface area contributed by atoms with Gasteiger partial charge in [-0.1, -0.05) is 19.9 Å². The van der Waals surface area contributed by atoms with Crippen LogP contribution in [0.1, 0.15) is 25.8 Å². The highest BCUT2D eigenvalue weighted by Crippen LogP contribution is 2.24. The Kier molecular flexibility index (Phi) is 4.85. The van der Waals surface area contributed by atoms with Crippen LogP contribution < -0.4 is 10.6 Å². The summed E-state index contributed by atoms with van der Waals surface area (Å²) in [6, 6.07) is 5.12. The number of likely N-dealkylation sites (tertiary alicyclic amines) is 1. The summed E-state index contributed by atoms with van der Waals surface area (Å²) < 4.78 is 14.2. The summed E-state index contributed by atoms with van der Waals surface area (Å²) in [5.41, 5.74) is 1.10. The monoisotopic (exact) mass is 333 g/mol. The lowest BCUT2D eigenvalue weighted by Gasteiger charge is -2.35. The molecule has 0 aliphatic carbocycles. The number of hydrogen-bond acceptors (Lipinski definition) is 3. The van der Waals surface area contributed by atoms with Crippen LogP contribution in [0.5, 0.6) is 0 Å². The van der Waals surface area contributed by atoms with E-state index in [-0.39, 0.29) is 30.0 Å². The molecule has 1 unspecified atom stereocenters. The molecule has 0 radical (unpaired) electrons. The highest BCUT2D eigenvalue weighted by atomic mass is 19.1. The molecular weight excluding hydrogens is 309 g/mol. The molecule has 130 valence electrons. The first kappa shape index (κ1) is 16.9. The van der Waals surface area contributed by atoms with Crippen LogP contribution in [0.3, 0.4) is 0 Å². The highest BCUT2D eigenvalue weighted by molar-refractivity contribution is 5.97. The molecule has 2 amide bonds. The molecule has 2 N–H and O–H groups in total. The fourth-order valence-corrected chi connectivity index (χ4v) is 3.25. The van der Waals surface area contributed by atoms with Crippen molar-refractivity contribution in [1.29, 1.82) is 0 Å². The van der Waals surface area contributed by atoms with Gasteiger partial charge in [-0.15, -0.1) is 0 Å². The topological polar surface area (TPSA) is 61.4 Å². The van der Waals surface area contributed by atoms with E-state index in [9.17, 15) is 14.0 Å². The van der Waals surface area contributed by atoms with E-state index in [1.165, 1.54) is 6.07 Å². The molecule has 0 bridgehead atoms. The maximum atomic E-state index is 14.2. The third-order valence-electron chi connectivity index (χ3n) is 4.67. The number of carbonyl (C=O) groups is 2. The molecule has 1 atom stereocenters. The van der Waals surface area contributed by atoms with Gasteiger partial charge in [-0.2, -0.15) is 0 Å². The number of amides is 2. The lowest BCUT2D eigenvalue weighted by molar-refractivity contribution is -0.130. The number of benzene rings is 1. The third kappa shape index (κ3) is 3.59. The van der Waals surface area contributed by atoms with Crippen LogP contribution >= 0.6 is 0 Å². The predicted molar refractivity (Wildman–Crippen MR) is 90.0 cm³/mol. The molecule has 1 aromatic carbocycles. The Bertz CT molecular complexity index is 643. The van der Waals surface area contributed by atoms with E-state index in [2.05, 4.69) is 24.5 Å². The first-order chi connectivity index (χ1) is 11.4. The predicted octanol–water partition coefficient (Wildman–Crippen LogP) is 1.78. The summed E-state index contributed by atoms with van der Waals surface area (Å²) in [6.07, 6.45) is 1.00. The van der Waals surface area contributed by atoms with Gasteiger partial charge in [-0.25, -0.2) is 4.39 Å². The summed E-state index contributed by atoms with van der Waals surface area (Å²) in [7, 11) is 0. The largest absolute Gasteiger partial charge is 0.336 e. The van der Waals surface area contributed by atoms with Gasteiger partial charge in [0.2, 0.25) is 11.8 Å². The van der Waals surface area contributed by atoms with Gasteiger partial charge in [0, 0.05) is 26.1 Å². The van der Waals surface area contributed by atoms with Crippen LogP contribution in [0.15, 0.2) is 18.2 Å². The minimum Gasteiger partial charge on any atom is -0.336 e. The molecular formula is C18H24FN3O2. The second-order valence-electron chi connectivity index (χ2n) is 7.16. The van der Waals surface area contributed by atoms with Crippen molar-refractivity contribution >= 4 is 17.5 Å². The van der Waals surface area contributed by atoms with Gasteiger partial charge in [0.05, 0.1) is 17.6 Å². The highest BCUT2D eigenvalue weighted by Gasteiger charge is 2.39. The van der Waals surface area contributed by atoms with Crippen LogP contribution in [-0.4, -0.2) is 42.4 Å². The third-order valence-corrected chi connectivity index (χ3v) is 4.67. The Morgan fingerprint density at radius 1 is 1.42 bits per heavy atom. The zero-order chi connectivity index (χ0) is 17.3. The van der Waals surface area contributed by atoms with Crippen LogP contribution in [0.4, 0.5) is 10.1 Å². The molecule has 2 fully saturated rings. The van der Waals surface area contributed by atoms with Gasteiger partial charge in [-0.3, -0.25) is 9.59 Å². The lowest BCUT2D eigenvalue weighted by atomic mass is 10.0. The Morgan fingerprint density at radius 3 is 2.75 bits per heavy atom. The van der Waals surface area contributed by atoms with Gasteiger partial charge in [0.25, 0.3) is 0 Å². The zero-order valence-corrected chi connectivity index (χ0v) is 14.1. The standard InChI is InChI=1S/C18H24FN3O2/c1-11(2)5-12-3-4-16(15(19)6-12)21-18(24)13-7-17(23)22(10-13)14-8-20-9-14/h3-4,6,11,13-14,20H,5,7-10H2,1-2H3,(H,21,24). The van der Waals surface area contributed by atoms with E-state index in [1.54, 1.807) is 11.0 Å². The molecule has 0 aromatic heterocycles. The average molecular weight is 333 g/mol. The SMILES string of the molecule is CC(C)Cc1ccc(NC(=O)C2CC(=O)N(C3CNC3)C2)c(F)c1. The van der Waals surface area contributed by atoms with Gasteiger partial charge in [0.1, 0.15) is 5.82 Å². The molecule has 0 saturated carbocycles. The van der Waals surface area contributed by atoms with Crippen molar-refractivity contribution in [3.63, 3.8) is 0 Å². The maximum absolute atomic E-state index is 14.2. The molecule has 1 aromatic rings. The molecule has 0 spiro atoms. The van der Waals surface area contributed by atoms with Crippen LogP contribution in [0.25, 0.3) is 0 Å². The average Bonchev–Trinajstić information content (AvgIpc) is 2.81. The Labute approximate surface area is 141 Å². The number of hydrogen-bond donors (Lipinski definition) is 2. The smallest absolute Gasteiger partial charge is 0.229 e. The van der Waals surface area contributed by atoms with Gasteiger partial charge >= 0.3 is 0 Å². The first-order valence-corrected chi connectivity index (χ1v) is 8.53. The Morgan fingerprint density at radius 2 is 2.17 bits per heavy atom. The number of nitrogens with one attached hydrogen (secondary N) is 2. The summed E-state index contributed by atoms with van der Waals surface area (Å²) in [4.78, 5) is 26.2. The van der Waals surface area contributed by atoms with Gasteiger partial charge in [0.15, 0.2) is 0 Å². The second kappa shape index (κ2) is 6.89. The van der Waals surface area contributed by atoms with Gasteiger partial charge in [-0.05, 0) is 30.0 Å². The Balaban J connectivity index is 1.61. The fourth-order valence-electron chi connectivity index (χ4n) is 3.25. The quantitative estimate of drug-likeness (QED) is 0.863. The first-order valence-electron chi connectivity index (χ1n) is 8.53. The van der Waals surface area contributed by atoms with Crippen molar-refractivity contribution < 1.29 is 14.0 Å². The van der Waals surface area contributed by atoms with Gasteiger partial charge < -0.3 is 15.5 Å². The summed E-state index contributed by atoms with van der Waals surface area (Å²) in [6.45, 7) is 6.14. The summed E-state index contributed by atoms with van der Waals surface area (Å²) in [5.74, 6) is -0.664. The van der Waals surface area contributed by atoms with Crippen molar-refractivity contribution in [3.05, 3.63) is 29.6 Å². The molecule has 2 saturated heterocycles. The number of halogens is 1. The lowest BCUT2D eigenvalue weighted by Crippen LogP contribution is -2.57. The van der Waals surface area contributed by atoms with Crippen molar-refractivity contribution in [2.75, 3.05) is 25.0 Å². The summed E-state index contributed by atoms with van der Waals surface area (Å²) >= 11 is 0. The van der Waals surface area contributed by atoms with E-state index < -0.39 is 11.7 Å². The van der Waals surface area contributed by atoms with Crippen molar-refractivity contribution in [3.8, 4) is 0 Å². The maximum Gasteiger partial charge on any atom is 0.229 e. The van der Waals surface area contributed by atoms with Crippen molar-refractivity contribution in [1.82, 2.24) is 10.2 Å². The van der Waals surface area contributed by atoms with E-state index in [0.717, 1.165) is 25.1 Å². The molecule has 24 heavy (non-hydrogen) atoms. The van der Waals surface area contributed by atoms with Crippen LogP contribution in [-0.2, 0) is 16.0 Å². The van der Waals surface area contributed by atoms with E-state index in [4.69, 9.17) is 0 Å². The molecule has 2 heterocycles. The zero-order valence-electron chi connectivity index (χ0n) is 14.1. The fraction of sp³-hybridized carbons (Fsp3) is 0.556. The van der Waals surface area contributed by atoms with E-state index >= 15 is 0 Å². The van der Waals surface area contributed by atoms with E-state index in [1.807, 2.05) is 6.07 Å². The molecule has 5 nitrogen and oxygen atoms in total. The van der Waals surface area contributed by atoms with Crippen LogP contribution in [0, 0.1) is 17.7 Å².